The molecule has 1 aromatic rings. The van der Waals surface area contributed by atoms with Crippen molar-refractivity contribution in [3.8, 4) is 0 Å². The average molecular weight is 223 g/mol. The van der Waals surface area contributed by atoms with E-state index in [2.05, 4.69) is 15.5 Å². The quantitative estimate of drug-likeness (QED) is 0.683. The Morgan fingerprint density at radius 3 is 2.75 bits per heavy atom. The van der Waals surface area contributed by atoms with E-state index in [0.29, 0.717) is 24.9 Å². The number of carboxylic acids is 1. The van der Waals surface area contributed by atoms with Gasteiger partial charge in [-0.3, -0.25) is 9.59 Å². The van der Waals surface area contributed by atoms with Gasteiger partial charge in [-0.25, -0.2) is 0 Å². The van der Waals surface area contributed by atoms with Gasteiger partial charge in [0.2, 0.25) is 0 Å². The van der Waals surface area contributed by atoms with Crippen LogP contribution in [0.3, 0.4) is 0 Å². The number of rotatable bonds is 6. The summed E-state index contributed by atoms with van der Waals surface area (Å²) in [6.45, 7) is 0.467. The Morgan fingerprint density at radius 1 is 1.31 bits per heavy atom. The number of hydrogen-bond acceptors (Lipinski definition) is 4. The largest absolute Gasteiger partial charge is 0.481 e. The van der Waals surface area contributed by atoms with Gasteiger partial charge in [0.15, 0.2) is 0 Å². The standard InChI is InChI=1S/C10H13N3O3/c14-9(15)3-1-2-5-11-10(16)8-4-6-12-13-7-8/h4,6-7H,1-3,5H2,(H,11,16)(H,14,15). The van der Waals surface area contributed by atoms with E-state index < -0.39 is 5.97 Å². The predicted octanol–water partition coefficient (Wildman–Crippen LogP) is 0.461. The first-order valence-electron chi connectivity index (χ1n) is 4.97. The number of carboxylic acid groups (broad SMARTS) is 1. The van der Waals surface area contributed by atoms with Gasteiger partial charge < -0.3 is 10.4 Å². The van der Waals surface area contributed by atoms with E-state index >= 15 is 0 Å². The minimum absolute atomic E-state index is 0.132. The Kier molecular flexibility index (Phi) is 4.91. The Hall–Kier alpha value is -1.98. The van der Waals surface area contributed by atoms with E-state index in [1.165, 1.54) is 12.4 Å². The lowest BCUT2D eigenvalue weighted by Gasteiger charge is -2.03. The molecule has 16 heavy (non-hydrogen) atoms. The smallest absolute Gasteiger partial charge is 0.303 e. The van der Waals surface area contributed by atoms with E-state index in [0.717, 1.165) is 0 Å². The molecule has 86 valence electrons. The first-order valence-corrected chi connectivity index (χ1v) is 4.97. The van der Waals surface area contributed by atoms with E-state index in [9.17, 15) is 9.59 Å². The summed E-state index contributed by atoms with van der Waals surface area (Å²) < 4.78 is 0. The molecule has 1 amide bonds. The maximum atomic E-state index is 11.4. The van der Waals surface area contributed by atoms with E-state index in [1.807, 2.05) is 0 Å². The minimum atomic E-state index is -0.815. The third-order valence-electron chi connectivity index (χ3n) is 1.95. The monoisotopic (exact) mass is 223 g/mol. The highest BCUT2D eigenvalue weighted by molar-refractivity contribution is 5.93. The second-order valence-electron chi connectivity index (χ2n) is 3.24. The van der Waals surface area contributed by atoms with E-state index in [4.69, 9.17) is 5.11 Å². The zero-order valence-electron chi connectivity index (χ0n) is 8.72. The van der Waals surface area contributed by atoms with Crippen LogP contribution in [0, 0.1) is 0 Å². The molecular formula is C10H13N3O3. The Bertz CT molecular complexity index is 354. The molecule has 2 N–H and O–H groups in total. The number of nitrogens with zero attached hydrogens (tertiary/aromatic N) is 2. The van der Waals surface area contributed by atoms with Crippen LogP contribution in [0.15, 0.2) is 18.5 Å². The molecule has 0 saturated heterocycles. The molecule has 0 fully saturated rings. The molecule has 0 radical (unpaired) electrons. The van der Waals surface area contributed by atoms with Crippen molar-refractivity contribution < 1.29 is 14.7 Å². The van der Waals surface area contributed by atoms with Gasteiger partial charge in [0.25, 0.3) is 5.91 Å². The number of nitrogens with one attached hydrogen (secondary N) is 1. The number of hydrogen-bond donors (Lipinski definition) is 2. The predicted molar refractivity (Wildman–Crippen MR) is 55.9 cm³/mol. The fraction of sp³-hybridized carbons (Fsp3) is 0.400. The van der Waals surface area contributed by atoms with Crippen LogP contribution in [0.4, 0.5) is 0 Å². The molecular weight excluding hydrogens is 210 g/mol. The average Bonchev–Trinajstić information content (AvgIpc) is 2.29. The molecule has 0 saturated carbocycles. The van der Waals surface area contributed by atoms with Crippen LogP contribution in [0.25, 0.3) is 0 Å². The van der Waals surface area contributed by atoms with Crippen molar-refractivity contribution in [3.05, 3.63) is 24.0 Å². The highest BCUT2D eigenvalue weighted by Gasteiger charge is 2.04. The fourth-order valence-corrected chi connectivity index (χ4v) is 1.13. The van der Waals surface area contributed by atoms with E-state index in [1.54, 1.807) is 6.07 Å². The van der Waals surface area contributed by atoms with Crippen LogP contribution in [0.1, 0.15) is 29.6 Å². The maximum Gasteiger partial charge on any atom is 0.303 e. The zero-order chi connectivity index (χ0) is 11.8. The topological polar surface area (TPSA) is 92.2 Å². The molecule has 6 heteroatoms. The molecule has 1 heterocycles. The van der Waals surface area contributed by atoms with Crippen molar-refractivity contribution >= 4 is 11.9 Å². The SMILES string of the molecule is O=C(O)CCCCNC(=O)c1ccnnc1. The second-order valence-corrected chi connectivity index (χ2v) is 3.24. The number of carbonyl (C=O) groups excluding carboxylic acids is 1. The molecule has 0 aliphatic heterocycles. The molecule has 0 aliphatic rings. The first-order chi connectivity index (χ1) is 7.70. The summed E-state index contributed by atoms with van der Waals surface area (Å²) in [4.78, 5) is 21.7. The van der Waals surface area contributed by atoms with Crippen LogP contribution in [0.2, 0.25) is 0 Å². The van der Waals surface area contributed by atoms with Crippen molar-refractivity contribution in [2.24, 2.45) is 0 Å². The summed E-state index contributed by atoms with van der Waals surface area (Å²) in [5.41, 5.74) is 0.452. The summed E-state index contributed by atoms with van der Waals surface area (Å²) in [7, 11) is 0. The van der Waals surface area contributed by atoms with Gasteiger partial charge in [-0.2, -0.15) is 10.2 Å². The molecule has 0 bridgehead atoms. The van der Waals surface area contributed by atoms with Crippen molar-refractivity contribution in [1.29, 1.82) is 0 Å². The van der Waals surface area contributed by atoms with Crippen molar-refractivity contribution in [2.45, 2.75) is 19.3 Å². The number of aromatic nitrogens is 2. The van der Waals surface area contributed by atoms with Crippen LogP contribution in [-0.2, 0) is 4.79 Å². The molecule has 1 rings (SSSR count). The van der Waals surface area contributed by atoms with Crippen molar-refractivity contribution in [3.63, 3.8) is 0 Å². The molecule has 0 aliphatic carbocycles. The molecule has 0 aromatic carbocycles. The number of unbranched alkanes of at least 4 members (excludes halogenated alkanes) is 1. The third-order valence-corrected chi connectivity index (χ3v) is 1.95. The number of aliphatic carboxylic acids is 1. The molecule has 0 unspecified atom stereocenters. The van der Waals surface area contributed by atoms with Crippen molar-refractivity contribution in [1.82, 2.24) is 15.5 Å². The van der Waals surface area contributed by atoms with E-state index in [-0.39, 0.29) is 12.3 Å². The van der Waals surface area contributed by atoms with Gasteiger partial charge in [0.05, 0.1) is 18.0 Å². The summed E-state index contributed by atoms with van der Waals surface area (Å²) in [6, 6.07) is 1.57. The lowest BCUT2D eigenvalue weighted by molar-refractivity contribution is -0.137. The van der Waals surface area contributed by atoms with Gasteiger partial charge in [-0.15, -0.1) is 0 Å². The minimum Gasteiger partial charge on any atom is -0.481 e. The molecule has 0 spiro atoms. The van der Waals surface area contributed by atoms with Crippen LogP contribution in [-0.4, -0.2) is 33.7 Å². The van der Waals surface area contributed by atoms with Gasteiger partial charge in [0, 0.05) is 13.0 Å². The van der Waals surface area contributed by atoms with Gasteiger partial charge in [-0.05, 0) is 18.9 Å². The van der Waals surface area contributed by atoms with Crippen LogP contribution in [0.5, 0.6) is 0 Å². The van der Waals surface area contributed by atoms with Crippen LogP contribution < -0.4 is 5.32 Å². The van der Waals surface area contributed by atoms with Gasteiger partial charge in [0.1, 0.15) is 0 Å². The second kappa shape index (κ2) is 6.49. The Morgan fingerprint density at radius 2 is 2.12 bits per heavy atom. The lowest BCUT2D eigenvalue weighted by atomic mass is 10.2. The fourth-order valence-electron chi connectivity index (χ4n) is 1.13. The highest BCUT2D eigenvalue weighted by atomic mass is 16.4. The molecule has 1 aromatic heterocycles. The Labute approximate surface area is 92.7 Å². The summed E-state index contributed by atoms with van der Waals surface area (Å²) >= 11 is 0. The molecule has 0 atom stereocenters. The van der Waals surface area contributed by atoms with Crippen molar-refractivity contribution in [2.75, 3.05) is 6.54 Å². The normalized spacial score (nSPS) is 9.75. The summed E-state index contributed by atoms with van der Waals surface area (Å²) in [5.74, 6) is -1.03. The zero-order valence-corrected chi connectivity index (χ0v) is 8.72. The van der Waals surface area contributed by atoms with Crippen LogP contribution >= 0.6 is 0 Å². The summed E-state index contributed by atoms with van der Waals surface area (Å²) in [5, 5.41) is 18.2. The number of amides is 1. The molecule has 6 nitrogen and oxygen atoms in total. The first kappa shape index (κ1) is 12.1. The maximum absolute atomic E-state index is 11.4. The van der Waals surface area contributed by atoms with Gasteiger partial charge >= 0.3 is 5.97 Å². The lowest BCUT2D eigenvalue weighted by Crippen LogP contribution is -2.24. The summed E-state index contributed by atoms with van der Waals surface area (Å²) in [6.07, 6.45) is 4.17. The Balaban J connectivity index is 2.19. The van der Waals surface area contributed by atoms with Gasteiger partial charge in [-0.1, -0.05) is 0 Å². The number of carbonyl (C=O) groups is 2. The third kappa shape index (κ3) is 4.50. The highest BCUT2D eigenvalue weighted by Crippen LogP contribution is 1.96.